The van der Waals surface area contributed by atoms with Gasteiger partial charge in [-0.05, 0) is 57.3 Å². The highest BCUT2D eigenvalue weighted by atomic mass is 19.3. The van der Waals surface area contributed by atoms with Crippen LogP contribution in [0.5, 0.6) is 6.01 Å². The van der Waals surface area contributed by atoms with Crippen LogP contribution in [0.4, 0.5) is 20.4 Å². The Hall–Kier alpha value is -3.08. The van der Waals surface area contributed by atoms with Crippen LogP contribution < -0.4 is 15.4 Å². The molecular formula is C25H36F2N8O. The average Bonchev–Trinajstić information content (AvgIpc) is 3.22. The molecule has 1 aliphatic heterocycles. The maximum atomic E-state index is 13.3. The zero-order valence-electron chi connectivity index (χ0n) is 21.5. The summed E-state index contributed by atoms with van der Waals surface area (Å²) >= 11 is 0. The number of nitrogen functional groups attached to an aromatic ring is 1. The zero-order valence-corrected chi connectivity index (χ0v) is 21.5. The minimum Gasteiger partial charge on any atom is -0.453 e. The third kappa shape index (κ3) is 6.00. The number of halogens is 2. The van der Waals surface area contributed by atoms with E-state index in [1.54, 1.807) is 6.20 Å². The molecule has 0 amide bonds. The van der Waals surface area contributed by atoms with Crippen molar-refractivity contribution >= 4 is 17.3 Å². The van der Waals surface area contributed by atoms with Crippen LogP contribution in [0.15, 0.2) is 18.5 Å². The van der Waals surface area contributed by atoms with Crippen LogP contribution in [0, 0.1) is 12.8 Å². The molecule has 4 rings (SSSR count). The summed E-state index contributed by atoms with van der Waals surface area (Å²) in [6, 6.07) is 1.95. The van der Waals surface area contributed by atoms with E-state index in [2.05, 4.69) is 52.0 Å². The summed E-state index contributed by atoms with van der Waals surface area (Å²) in [5.74, 6) is 1.83. The Bertz CT molecular complexity index is 1160. The molecule has 196 valence electrons. The van der Waals surface area contributed by atoms with E-state index in [9.17, 15) is 8.78 Å². The first-order valence-electron chi connectivity index (χ1n) is 12.5. The number of imidazole rings is 1. The van der Waals surface area contributed by atoms with Gasteiger partial charge in [0.25, 0.3) is 6.43 Å². The minimum atomic E-state index is -2.64. The molecular weight excluding hydrogens is 466 g/mol. The Labute approximate surface area is 210 Å². The molecule has 0 spiro atoms. The first kappa shape index (κ1) is 26.0. The average molecular weight is 503 g/mol. The molecule has 4 heterocycles. The van der Waals surface area contributed by atoms with Crippen molar-refractivity contribution < 1.29 is 13.5 Å². The summed E-state index contributed by atoms with van der Waals surface area (Å²) < 4.78 is 33.6. The zero-order chi connectivity index (χ0) is 25.8. The van der Waals surface area contributed by atoms with Gasteiger partial charge in [0.15, 0.2) is 17.6 Å². The lowest BCUT2D eigenvalue weighted by Gasteiger charge is -2.34. The number of pyridine rings is 1. The molecule has 0 saturated carbocycles. The normalized spacial score (nSPS) is 15.8. The Balaban J connectivity index is 1.49. The molecule has 0 unspecified atom stereocenters. The molecule has 2 N–H and O–H groups in total. The van der Waals surface area contributed by atoms with E-state index >= 15 is 0 Å². The fourth-order valence-corrected chi connectivity index (χ4v) is 4.86. The minimum absolute atomic E-state index is 0.0816. The van der Waals surface area contributed by atoms with Gasteiger partial charge >= 0.3 is 6.01 Å². The van der Waals surface area contributed by atoms with E-state index in [0.717, 1.165) is 48.2 Å². The molecule has 1 saturated heterocycles. The van der Waals surface area contributed by atoms with Gasteiger partial charge in [-0.1, -0.05) is 19.4 Å². The lowest BCUT2D eigenvalue weighted by atomic mass is 9.96. The number of aryl methyl sites for hydroxylation is 1. The van der Waals surface area contributed by atoms with Crippen molar-refractivity contribution in [2.24, 2.45) is 5.92 Å². The number of nitrogens with two attached hydrogens (primary N) is 1. The van der Waals surface area contributed by atoms with Crippen molar-refractivity contribution in [3.8, 4) is 6.01 Å². The van der Waals surface area contributed by atoms with E-state index in [4.69, 9.17) is 15.5 Å². The number of anilines is 2. The monoisotopic (exact) mass is 502 g/mol. The summed E-state index contributed by atoms with van der Waals surface area (Å²) in [5.41, 5.74) is 9.25. The SMILES string of the molecule is CCC[C@@H](Oc1nc(N)c2ncc(Cc3cnc(N4CCC(CN(C)C)CC4)c(C)c3)n2n1)C(F)F. The van der Waals surface area contributed by atoms with E-state index in [1.165, 1.54) is 17.4 Å². The number of rotatable bonds is 10. The molecule has 3 aromatic heterocycles. The largest absolute Gasteiger partial charge is 0.453 e. The number of aromatic nitrogens is 5. The molecule has 3 aromatic rings. The number of piperidine rings is 1. The molecule has 0 radical (unpaired) electrons. The number of ether oxygens (including phenoxy) is 1. The highest BCUT2D eigenvalue weighted by molar-refractivity contribution is 5.60. The number of fused-ring (bicyclic) bond motifs is 1. The van der Waals surface area contributed by atoms with Gasteiger partial charge in [-0.15, -0.1) is 5.10 Å². The van der Waals surface area contributed by atoms with Gasteiger partial charge in [-0.2, -0.15) is 4.98 Å². The highest BCUT2D eigenvalue weighted by Crippen LogP contribution is 2.26. The Morgan fingerprint density at radius 1 is 1.19 bits per heavy atom. The quantitative estimate of drug-likeness (QED) is 0.449. The fourth-order valence-electron chi connectivity index (χ4n) is 4.86. The van der Waals surface area contributed by atoms with Crippen molar-refractivity contribution in [2.45, 2.75) is 58.5 Å². The summed E-state index contributed by atoms with van der Waals surface area (Å²) in [4.78, 5) is 17.8. The van der Waals surface area contributed by atoms with Crippen LogP contribution in [0.1, 0.15) is 49.4 Å². The second-order valence-corrected chi connectivity index (χ2v) is 9.90. The van der Waals surface area contributed by atoms with Crippen LogP contribution in [0.25, 0.3) is 5.65 Å². The van der Waals surface area contributed by atoms with Crippen LogP contribution in [0.3, 0.4) is 0 Å². The van der Waals surface area contributed by atoms with Gasteiger partial charge in [-0.3, -0.25) is 0 Å². The lowest BCUT2D eigenvalue weighted by molar-refractivity contribution is 0.00115. The molecule has 1 atom stereocenters. The predicted octanol–water partition coefficient (Wildman–Crippen LogP) is 3.59. The highest BCUT2D eigenvalue weighted by Gasteiger charge is 2.24. The summed E-state index contributed by atoms with van der Waals surface area (Å²) in [7, 11) is 4.25. The Morgan fingerprint density at radius 3 is 2.58 bits per heavy atom. The van der Waals surface area contributed by atoms with Crippen LogP contribution >= 0.6 is 0 Å². The maximum absolute atomic E-state index is 13.3. The summed E-state index contributed by atoms with van der Waals surface area (Å²) in [5, 5.41) is 4.31. The molecule has 1 aliphatic rings. The Morgan fingerprint density at radius 2 is 1.94 bits per heavy atom. The molecule has 9 nitrogen and oxygen atoms in total. The van der Waals surface area contributed by atoms with Gasteiger partial charge in [0.1, 0.15) is 5.82 Å². The maximum Gasteiger partial charge on any atom is 0.336 e. The molecule has 0 aliphatic carbocycles. The number of nitrogens with zero attached hydrogens (tertiary/aromatic N) is 7. The third-order valence-corrected chi connectivity index (χ3v) is 6.58. The van der Waals surface area contributed by atoms with Crippen molar-refractivity contribution in [1.29, 1.82) is 0 Å². The molecule has 0 aromatic carbocycles. The lowest BCUT2D eigenvalue weighted by Crippen LogP contribution is -2.37. The van der Waals surface area contributed by atoms with E-state index in [-0.39, 0.29) is 18.2 Å². The number of hydrogen-bond donors (Lipinski definition) is 1. The predicted molar refractivity (Wildman–Crippen MR) is 136 cm³/mol. The summed E-state index contributed by atoms with van der Waals surface area (Å²) in [6.07, 6.45) is 3.20. The van der Waals surface area contributed by atoms with Gasteiger partial charge in [0.05, 0.1) is 11.9 Å². The van der Waals surface area contributed by atoms with E-state index in [1.807, 2.05) is 13.1 Å². The van der Waals surface area contributed by atoms with Crippen molar-refractivity contribution in [2.75, 3.05) is 44.4 Å². The third-order valence-electron chi connectivity index (χ3n) is 6.58. The topological polar surface area (TPSA) is 97.7 Å². The van der Waals surface area contributed by atoms with Gasteiger partial charge in [0.2, 0.25) is 0 Å². The Kier molecular flexibility index (Phi) is 8.17. The van der Waals surface area contributed by atoms with Gasteiger partial charge < -0.3 is 20.3 Å². The van der Waals surface area contributed by atoms with E-state index in [0.29, 0.717) is 18.5 Å². The molecule has 0 bridgehead atoms. The van der Waals surface area contributed by atoms with Gasteiger partial charge in [-0.25, -0.2) is 23.3 Å². The van der Waals surface area contributed by atoms with Crippen molar-refractivity contribution in [1.82, 2.24) is 29.5 Å². The second-order valence-electron chi connectivity index (χ2n) is 9.90. The van der Waals surface area contributed by atoms with Crippen LogP contribution in [-0.2, 0) is 6.42 Å². The second kappa shape index (κ2) is 11.3. The van der Waals surface area contributed by atoms with E-state index < -0.39 is 12.5 Å². The fraction of sp³-hybridized carbons (Fsp3) is 0.600. The smallest absolute Gasteiger partial charge is 0.336 e. The molecule has 36 heavy (non-hydrogen) atoms. The number of alkyl halides is 2. The summed E-state index contributed by atoms with van der Waals surface area (Å²) in [6.45, 7) is 7.04. The van der Waals surface area contributed by atoms with Crippen LogP contribution in [0.2, 0.25) is 0 Å². The molecule has 11 heteroatoms. The van der Waals surface area contributed by atoms with Crippen LogP contribution in [-0.4, -0.2) is 75.7 Å². The first-order chi connectivity index (χ1) is 17.2. The van der Waals surface area contributed by atoms with Gasteiger partial charge in [0, 0.05) is 32.3 Å². The number of hydrogen-bond acceptors (Lipinski definition) is 8. The van der Waals surface area contributed by atoms with Crippen molar-refractivity contribution in [3.63, 3.8) is 0 Å². The molecule has 1 fully saturated rings. The van der Waals surface area contributed by atoms with Crippen molar-refractivity contribution in [3.05, 3.63) is 35.3 Å². The first-order valence-corrected chi connectivity index (χ1v) is 12.5. The standard InChI is InChI=1S/C25H36F2N8O/c1-5-6-20(21(26)27)36-25-31-22(28)24-30-14-19(35(24)32-25)12-18-11-16(2)23(29-13-18)34-9-7-17(8-10-34)15-33(3)4/h11,13-14,17,20-21H,5-10,12,15H2,1-4H3,(H2,28,31,32)/t20-/m1/s1.